The minimum Gasteiger partial charge on any atom is -0.493 e. The number of rotatable bonds is 4. The van der Waals surface area contributed by atoms with Crippen molar-refractivity contribution in [2.45, 2.75) is 0 Å². The molecule has 0 saturated carbocycles. The quantitative estimate of drug-likeness (QED) is 0.701. The number of nitrogens with zero attached hydrogens (tertiary/aromatic N) is 2. The Kier molecular flexibility index (Phi) is 3.92. The van der Waals surface area contributed by atoms with E-state index in [0.717, 1.165) is 28.2 Å². The van der Waals surface area contributed by atoms with Crippen molar-refractivity contribution in [3.63, 3.8) is 0 Å². The summed E-state index contributed by atoms with van der Waals surface area (Å²) in [7, 11) is 6.85. The number of ether oxygens (including phenoxy) is 3. The standard InChI is InChI=1S/C21H20N2O3/c1-23-16-10-6-8-13-7-5-9-15(19(13)16)22-21(23)14-11-17(24-2)20(26-4)18(12-14)25-3/h5-12H,1-4H3. The fourth-order valence-corrected chi connectivity index (χ4v) is 3.45. The monoisotopic (exact) mass is 348 g/mol. The highest BCUT2D eigenvalue weighted by Gasteiger charge is 2.23. The van der Waals surface area contributed by atoms with Crippen molar-refractivity contribution >= 4 is 28.0 Å². The van der Waals surface area contributed by atoms with Crippen LogP contribution in [0.3, 0.4) is 0 Å². The van der Waals surface area contributed by atoms with Crippen molar-refractivity contribution in [3.8, 4) is 17.2 Å². The highest BCUT2D eigenvalue weighted by molar-refractivity contribution is 6.20. The molecule has 1 heterocycles. The summed E-state index contributed by atoms with van der Waals surface area (Å²) in [6, 6.07) is 16.3. The minimum atomic E-state index is 0.570. The third kappa shape index (κ3) is 2.36. The lowest BCUT2D eigenvalue weighted by atomic mass is 10.0. The van der Waals surface area contributed by atoms with Crippen LogP contribution in [0.5, 0.6) is 17.2 Å². The lowest BCUT2D eigenvalue weighted by molar-refractivity contribution is 0.324. The molecule has 0 aromatic heterocycles. The Morgan fingerprint density at radius 2 is 1.50 bits per heavy atom. The SMILES string of the molecule is COc1cc(C2=Nc3cccc4cccc(c34)N2C)cc(OC)c1OC. The van der Waals surface area contributed by atoms with E-state index < -0.39 is 0 Å². The van der Waals surface area contributed by atoms with E-state index in [-0.39, 0.29) is 0 Å². The van der Waals surface area contributed by atoms with Crippen LogP contribution >= 0.6 is 0 Å². The highest BCUT2D eigenvalue weighted by Crippen LogP contribution is 2.42. The number of benzene rings is 3. The Morgan fingerprint density at radius 1 is 0.846 bits per heavy atom. The van der Waals surface area contributed by atoms with E-state index in [4.69, 9.17) is 19.2 Å². The van der Waals surface area contributed by atoms with E-state index in [2.05, 4.69) is 29.2 Å². The zero-order chi connectivity index (χ0) is 18.3. The second-order valence-corrected chi connectivity index (χ2v) is 6.06. The summed E-state index contributed by atoms with van der Waals surface area (Å²) in [6.07, 6.45) is 0. The molecule has 1 aliphatic rings. The van der Waals surface area contributed by atoms with Crippen LogP contribution in [0.4, 0.5) is 11.4 Å². The summed E-state index contributed by atoms with van der Waals surface area (Å²) in [5.74, 6) is 2.61. The molecule has 5 nitrogen and oxygen atoms in total. The molecule has 0 unspecified atom stereocenters. The van der Waals surface area contributed by atoms with Crippen LogP contribution < -0.4 is 19.1 Å². The predicted octanol–water partition coefficient (Wildman–Crippen LogP) is 4.39. The molecule has 26 heavy (non-hydrogen) atoms. The summed E-state index contributed by atoms with van der Waals surface area (Å²) >= 11 is 0. The topological polar surface area (TPSA) is 43.3 Å². The van der Waals surface area contributed by atoms with Crippen molar-refractivity contribution in [1.29, 1.82) is 0 Å². The molecular formula is C21H20N2O3. The van der Waals surface area contributed by atoms with Crippen LogP contribution in [0.1, 0.15) is 5.56 Å². The van der Waals surface area contributed by atoms with Gasteiger partial charge in [-0.15, -0.1) is 0 Å². The van der Waals surface area contributed by atoms with Crippen molar-refractivity contribution < 1.29 is 14.2 Å². The molecule has 0 saturated heterocycles. The molecule has 0 N–H and O–H groups in total. The summed E-state index contributed by atoms with van der Waals surface area (Å²) < 4.78 is 16.4. The molecule has 3 aromatic rings. The van der Waals surface area contributed by atoms with Crippen molar-refractivity contribution in [2.75, 3.05) is 33.3 Å². The lowest BCUT2D eigenvalue weighted by Gasteiger charge is -2.28. The third-order valence-corrected chi connectivity index (χ3v) is 4.69. The summed E-state index contributed by atoms with van der Waals surface area (Å²) in [5, 5.41) is 2.34. The normalized spacial score (nSPS) is 12.8. The van der Waals surface area contributed by atoms with Gasteiger partial charge in [0, 0.05) is 18.0 Å². The van der Waals surface area contributed by atoms with Crippen LogP contribution in [0.15, 0.2) is 53.5 Å². The number of anilines is 1. The van der Waals surface area contributed by atoms with Crippen LogP contribution in [0, 0.1) is 0 Å². The average molecular weight is 348 g/mol. The van der Waals surface area contributed by atoms with Crippen LogP contribution in [0.25, 0.3) is 10.8 Å². The molecule has 0 fully saturated rings. The van der Waals surface area contributed by atoms with E-state index in [1.165, 1.54) is 5.39 Å². The first kappa shape index (κ1) is 16.3. The van der Waals surface area contributed by atoms with Gasteiger partial charge < -0.3 is 19.1 Å². The van der Waals surface area contributed by atoms with Gasteiger partial charge in [0.25, 0.3) is 0 Å². The number of hydrogen-bond acceptors (Lipinski definition) is 5. The maximum Gasteiger partial charge on any atom is 0.203 e. The van der Waals surface area contributed by atoms with Gasteiger partial charge in [-0.2, -0.15) is 0 Å². The molecule has 3 aromatic carbocycles. The van der Waals surface area contributed by atoms with Gasteiger partial charge in [0.05, 0.1) is 32.7 Å². The predicted molar refractivity (Wildman–Crippen MR) is 105 cm³/mol. The largest absolute Gasteiger partial charge is 0.493 e. The smallest absolute Gasteiger partial charge is 0.203 e. The summed E-state index contributed by atoms with van der Waals surface area (Å²) in [6.45, 7) is 0. The van der Waals surface area contributed by atoms with Crippen LogP contribution in [0.2, 0.25) is 0 Å². The zero-order valence-electron chi connectivity index (χ0n) is 15.2. The fourth-order valence-electron chi connectivity index (χ4n) is 3.45. The van der Waals surface area contributed by atoms with E-state index in [0.29, 0.717) is 17.2 Å². The minimum absolute atomic E-state index is 0.570. The van der Waals surface area contributed by atoms with Crippen molar-refractivity contribution in [2.24, 2.45) is 4.99 Å². The van der Waals surface area contributed by atoms with Gasteiger partial charge in [-0.05, 0) is 29.7 Å². The number of methoxy groups -OCH3 is 3. The molecule has 0 aliphatic carbocycles. The average Bonchev–Trinajstić information content (AvgIpc) is 2.69. The maximum absolute atomic E-state index is 5.49. The first-order chi connectivity index (χ1) is 12.7. The molecule has 0 bridgehead atoms. The molecule has 0 atom stereocenters. The summed E-state index contributed by atoms with van der Waals surface area (Å²) in [5.41, 5.74) is 2.98. The molecule has 1 aliphatic heterocycles. The van der Waals surface area contributed by atoms with Gasteiger partial charge in [-0.3, -0.25) is 0 Å². The van der Waals surface area contributed by atoms with Crippen LogP contribution in [-0.4, -0.2) is 34.2 Å². The fraction of sp³-hybridized carbons (Fsp3) is 0.190. The second-order valence-electron chi connectivity index (χ2n) is 6.06. The van der Waals surface area contributed by atoms with Crippen LogP contribution in [-0.2, 0) is 0 Å². The zero-order valence-corrected chi connectivity index (χ0v) is 15.2. The lowest BCUT2D eigenvalue weighted by Crippen LogP contribution is -2.29. The van der Waals surface area contributed by atoms with Gasteiger partial charge in [0.1, 0.15) is 5.84 Å². The van der Waals surface area contributed by atoms with Gasteiger partial charge in [-0.25, -0.2) is 4.99 Å². The van der Waals surface area contributed by atoms with Crippen molar-refractivity contribution in [3.05, 3.63) is 54.1 Å². The maximum atomic E-state index is 5.49. The molecule has 0 spiro atoms. The van der Waals surface area contributed by atoms with E-state index in [1.807, 2.05) is 31.3 Å². The first-order valence-corrected chi connectivity index (χ1v) is 8.32. The molecule has 132 valence electrons. The molecule has 0 amide bonds. The second kappa shape index (κ2) is 6.26. The Bertz CT molecular complexity index is 997. The Hall–Kier alpha value is -3.21. The Labute approximate surface area is 152 Å². The summed E-state index contributed by atoms with van der Waals surface area (Å²) in [4.78, 5) is 7.01. The highest BCUT2D eigenvalue weighted by atomic mass is 16.5. The van der Waals surface area contributed by atoms with Gasteiger partial charge in [0.15, 0.2) is 11.5 Å². The van der Waals surface area contributed by atoms with Gasteiger partial charge in [-0.1, -0.05) is 24.3 Å². The molecule has 0 radical (unpaired) electrons. The Balaban J connectivity index is 1.94. The van der Waals surface area contributed by atoms with E-state index >= 15 is 0 Å². The van der Waals surface area contributed by atoms with Gasteiger partial charge >= 0.3 is 0 Å². The third-order valence-electron chi connectivity index (χ3n) is 4.69. The molecular weight excluding hydrogens is 328 g/mol. The Morgan fingerprint density at radius 3 is 2.12 bits per heavy atom. The van der Waals surface area contributed by atoms with Crippen molar-refractivity contribution in [1.82, 2.24) is 0 Å². The van der Waals surface area contributed by atoms with Gasteiger partial charge in [0.2, 0.25) is 5.75 Å². The molecule has 4 rings (SSSR count). The number of amidine groups is 1. The number of aliphatic imine (C=N–C) groups is 1. The first-order valence-electron chi connectivity index (χ1n) is 8.32. The molecule has 5 heteroatoms. The van der Waals surface area contributed by atoms with E-state index in [1.54, 1.807) is 21.3 Å². The van der Waals surface area contributed by atoms with E-state index in [9.17, 15) is 0 Å². The number of hydrogen-bond donors (Lipinski definition) is 0.